The molecule has 0 unspecified atom stereocenters. The van der Waals surface area contributed by atoms with E-state index in [0.717, 1.165) is 15.6 Å². The maximum Gasteiger partial charge on any atom is 0.263 e. The van der Waals surface area contributed by atoms with Crippen molar-refractivity contribution in [3.63, 3.8) is 0 Å². The van der Waals surface area contributed by atoms with E-state index in [-0.39, 0.29) is 6.54 Å². The molecule has 0 bridgehead atoms. The van der Waals surface area contributed by atoms with Crippen LogP contribution in [0.25, 0.3) is 10.1 Å². The van der Waals surface area contributed by atoms with Crippen LogP contribution in [0.2, 0.25) is 0 Å². The molecule has 21 heavy (non-hydrogen) atoms. The van der Waals surface area contributed by atoms with Crippen molar-refractivity contribution < 1.29 is 8.42 Å². The van der Waals surface area contributed by atoms with Crippen LogP contribution in [0.3, 0.4) is 0 Å². The molecule has 0 aliphatic carbocycles. The number of benzene rings is 1. The Morgan fingerprint density at radius 1 is 1.24 bits per heavy atom. The number of anilines is 1. The minimum absolute atomic E-state index is 0.221. The Labute approximate surface area is 131 Å². The molecule has 0 fully saturated rings. The largest absolute Gasteiger partial charge is 0.326 e. The van der Waals surface area contributed by atoms with Gasteiger partial charge in [0.25, 0.3) is 10.0 Å². The van der Waals surface area contributed by atoms with E-state index < -0.39 is 10.0 Å². The summed E-state index contributed by atoms with van der Waals surface area (Å²) in [6.45, 7) is 2.00. The fraction of sp³-hybridized carbons (Fsp3) is 0.143. The number of sulfonamides is 1. The van der Waals surface area contributed by atoms with E-state index in [9.17, 15) is 8.42 Å². The van der Waals surface area contributed by atoms with Crippen molar-refractivity contribution in [3.8, 4) is 0 Å². The normalized spacial score (nSPS) is 11.9. The Kier molecular flexibility index (Phi) is 3.75. The van der Waals surface area contributed by atoms with Crippen LogP contribution in [0.5, 0.6) is 0 Å². The second kappa shape index (κ2) is 5.42. The first-order valence-corrected chi connectivity index (χ1v) is 9.52. The summed E-state index contributed by atoms with van der Waals surface area (Å²) >= 11 is 3.00. The Hall–Kier alpha value is -1.41. The van der Waals surface area contributed by atoms with Crippen molar-refractivity contribution in [2.24, 2.45) is 5.73 Å². The molecule has 0 spiro atoms. The standard InChI is InChI=1S/C14H14N2O2S3/c1-9-8-20-13(7-15)14(9)21(17,18)16-11-2-3-12-10(6-11)4-5-19-12/h2-6,8,16H,7,15H2,1H3. The third-order valence-electron chi connectivity index (χ3n) is 3.15. The Bertz CT molecular complexity index is 894. The van der Waals surface area contributed by atoms with Gasteiger partial charge in [-0.25, -0.2) is 8.42 Å². The monoisotopic (exact) mass is 338 g/mol. The third-order valence-corrected chi connectivity index (χ3v) is 6.91. The summed E-state index contributed by atoms with van der Waals surface area (Å²) in [4.78, 5) is 0.983. The van der Waals surface area contributed by atoms with Gasteiger partial charge in [-0.05, 0) is 52.9 Å². The van der Waals surface area contributed by atoms with Gasteiger partial charge in [0.15, 0.2) is 0 Å². The quantitative estimate of drug-likeness (QED) is 0.764. The lowest BCUT2D eigenvalue weighted by atomic mass is 10.2. The average molecular weight is 338 g/mol. The zero-order valence-corrected chi connectivity index (χ0v) is 13.7. The van der Waals surface area contributed by atoms with Crippen LogP contribution in [-0.2, 0) is 16.6 Å². The SMILES string of the molecule is Cc1csc(CN)c1S(=O)(=O)Nc1ccc2sccc2c1. The van der Waals surface area contributed by atoms with Crippen molar-refractivity contribution >= 4 is 48.5 Å². The van der Waals surface area contributed by atoms with Gasteiger partial charge < -0.3 is 5.73 Å². The van der Waals surface area contributed by atoms with Crippen molar-refractivity contribution in [2.75, 3.05) is 4.72 Å². The number of hydrogen-bond acceptors (Lipinski definition) is 5. The van der Waals surface area contributed by atoms with Gasteiger partial charge in [-0.1, -0.05) is 0 Å². The van der Waals surface area contributed by atoms with Gasteiger partial charge in [0.05, 0.1) is 0 Å². The molecular formula is C14H14N2O2S3. The molecule has 2 aromatic heterocycles. The molecule has 0 radical (unpaired) electrons. The summed E-state index contributed by atoms with van der Waals surface area (Å²) in [5, 5.41) is 4.83. The molecule has 4 nitrogen and oxygen atoms in total. The Balaban J connectivity index is 2.00. The van der Waals surface area contributed by atoms with Crippen LogP contribution < -0.4 is 10.5 Å². The second-order valence-corrected chi connectivity index (χ2v) is 8.18. The summed E-state index contributed by atoms with van der Waals surface area (Å²) in [5.41, 5.74) is 6.92. The number of hydrogen-bond donors (Lipinski definition) is 2. The Morgan fingerprint density at radius 2 is 2.05 bits per heavy atom. The van der Waals surface area contributed by atoms with E-state index in [1.54, 1.807) is 24.3 Å². The highest BCUT2D eigenvalue weighted by molar-refractivity contribution is 7.93. The summed E-state index contributed by atoms with van der Waals surface area (Å²) in [6, 6.07) is 7.51. The number of nitrogens with one attached hydrogen (secondary N) is 1. The molecule has 0 aliphatic heterocycles. The van der Waals surface area contributed by atoms with Gasteiger partial charge in [0.1, 0.15) is 4.90 Å². The van der Waals surface area contributed by atoms with Crippen LogP contribution in [0, 0.1) is 6.92 Å². The number of thiophene rings is 2. The lowest BCUT2D eigenvalue weighted by Crippen LogP contribution is -2.15. The highest BCUT2D eigenvalue weighted by Crippen LogP contribution is 2.30. The topological polar surface area (TPSA) is 72.2 Å². The lowest BCUT2D eigenvalue weighted by Gasteiger charge is -2.10. The molecule has 110 valence electrons. The van der Waals surface area contributed by atoms with Crippen molar-refractivity contribution in [3.05, 3.63) is 45.5 Å². The third kappa shape index (κ3) is 2.69. The number of aryl methyl sites for hydroxylation is 1. The van der Waals surface area contributed by atoms with Crippen LogP contribution in [0.4, 0.5) is 5.69 Å². The fourth-order valence-corrected chi connectivity index (χ4v) is 5.75. The number of fused-ring (bicyclic) bond motifs is 1. The van der Waals surface area contributed by atoms with Gasteiger partial charge >= 0.3 is 0 Å². The molecule has 2 heterocycles. The van der Waals surface area contributed by atoms with Crippen LogP contribution in [-0.4, -0.2) is 8.42 Å². The van der Waals surface area contributed by atoms with Crippen molar-refractivity contribution in [1.82, 2.24) is 0 Å². The molecule has 0 aliphatic rings. The lowest BCUT2D eigenvalue weighted by molar-refractivity contribution is 0.600. The molecule has 7 heteroatoms. The highest BCUT2D eigenvalue weighted by atomic mass is 32.2. The zero-order chi connectivity index (χ0) is 15.0. The van der Waals surface area contributed by atoms with Gasteiger partial charge in [-0.2, -0.15) is 0 Å². The maximum absolute atomic E-state index is 12.6. The summed E-state index contributed by atoms with van der Waals surface area (Å²) < 4.78 is 28.9. The van der Waals surface area contributed by atoms with Crippen LogP contribution in [0.15, 0.2) is 39.9 Å². The smallest absolute Gasteiger partial charge is 0.263 e. The number of nitrogens with two attached hydrogens (primary N) is 1. The molecule has 1 aromatic carbocycles. The fourth-order valence-electron chi connectivity index (χ4n) is 2.23. The minimum atomic E-state index is -3.61. The molecule has 0 saturated carbocycles. The predicted molar refractivity (Wildman–Crippen MR) is 89.6 cm³/mol. The van der Waals surface area contributed by atoms with E-state index in [4.69, 9.17) is 5.73 Å². The van der Waals surface area contributed by atoms with Crippen molar-refractivity contribution in [1.29, 1.82) is 0 Å². The van der Waals surface area contributed by atoms with Gasteiger partial charge in [-0.3, -0.25) is 4.72 Å². The molecular weight excluding hydrogens is 324 g/mol. The summed E-state index contributed by atoms with van der Waals surface area (Å²) in [7, 11) is -3.61. The van der Waals surface area contributed by atoms with E-state index in [0.29, 0.717) is 15.5 Å². The van der Waals surface area contributed by atoms with E-state index >= 15 is 0 Å². The summed E-state index contributed by atoms with van der Waals surface area (Å²) in [5.74, 6) is 0. The first kappa shape index (κ1) is 14.5. The second-order valence-electron chi connectivity index (χ2n) is 4.65. The highest BCUT2D eigenvalue weighted by Gasteiger charge is 2.22. The van der Waals surface area contributed by atoms with Crippen molar-refractivity contribution in [2.45, 2.75) is 18.4 Å². The molecule has 0 amide bonds. The van der Waals surface area contributed by atoms with E-state index in [1.807, 2.05) is 29.0 Å². The molecule has 3 N–H and O–H groups in total. The van der Waals surface area contributed by atoms with Crippen LogP contribution in [0.1, 0.15) is 10.4 Å². The molecule has 3 rings (SSSR count). The first-order valence-electron chi connectivity index (χ1n) is 6.28. The molecule has 3 aromatic rings. The van der Waals surface area contributed by atoms with Gasteiger partial charge in [-0.15, -0.1) is 22.7 Å². The zero-order valence-electron chi connectivity index (χ0n) is 11.3. The van der Waals surface area contributed by atoms with Gasteiger partial charge in [0, 0.05) is 21.8 Å². The van der Waals surface area contributed by atoms with E-state index in [2.05, 4.69) is 4.72 Å². The summed E-state index contributed by atoms with van der Waals surface area (Å²) in [6.07, 6.45) is 0. The number of rotatable bonds is 4. The molecule has 0 saturated heterocycles. The van der Waals surface area contributed by atoms with Gasteiger partial charge in [0.2, 0.25) is 0 Å². The predicted octanol–water partition coefficient (Wildman–Crippen LogP) is 3.53. The molecule has 0 atom stereocenters. The van der Waals surface area contributed by atoms with E-state index in [1.165, 1.54) is 11.3 Å². The minimum Gasteiger partial charge on any atom is -0.326 e. The van der Waals surface area contributed by atoms with Crippen LogP contribution >= 0.6 is 22.7 Å². The first-order chi connectivity index (χ1) is 10.0. The Morgan fingerprint density at radius 3 is 2.81 bits per heavy atom. The average Bonchev–Trinajstić information content (AvgIpc) is 3.03. The maximum atomic E-state index is 12.6.